The molecule has 1 rings (SSSR count). The summed E-state index contributed by atoms with van der Waals surface area (Å²) in [7, 11) is 0. The highest BCUT2D eigenvalue weighted by Crippen LogP contribution is 2.14. The quantitative estimate of drug-likeness (QED) is 0.752. The van der Waals surface area contributed by atoms with Crippen LogP contribution in [0.2, 0.25) is 0 Å². The lowest BCUT2D eigenvalue weighted by molar-refractivity contribution is 0.121. The summed E-state index contributed by atoms with van der Waals surface area (Å²) in [5.41, 5.74) is 0. The van der Waals surface area contributed by atoms with Crippen molar-refractivity contribution in [1.82, 2.24) is 10.2 Å². The Bertz CT molecular complexity index is 166. The first-order valence-corrected chi connectivity index (χ1v) is 6.56. The van der Waals surface area contributed by atoms with Crippen molar-refractivity contribution in [2.75, 3.05) is 26.2 Å². The summed E-state index contributed by atoms with van der Waals surface area (Å²) in [4.78, 5) is 2.68. The van der Waals surface area contributed by atoms with E-state index in [0.717, 1.165) is 17.9 Å². The molecule has 1 fully saturated rings. The molecule has 1 N–H and O–H groups in total. The Kier molecular flexibility index (Phi) is 5.62. The van der Waals surface area contributed by atoms with Gasteiger partial charge in [-0.1, -0.05) is 27.7 Å². The predicted molar refractivity (Wildman–Crippen MR) is 67.1 cm³/mol. The molecule has 15 heavy (non-hydrogen) atoms. The van der Waals surface area contributed by atoms with E-state index in [4.69, 9.17) is 0 Å². The van der Waals surface area contributed by atoms with Gasteiger partial charge in [-0.05, 0) is 31.2 Å². The number of hydrogen-bond donors (Lipinski definition) is 1. The maximum Gasteiger partial charge on any atom is 0.0244 e. The van der Waals surface area contributed by atoms with Gasteiger partial charge in [0.15, 0.2) is 0 Å². The molecule has 0 aromatic rings. The van der Waals surface area contributed by atoms with Gasteiger partial charge in [0.1, 0.15) is 0 Å². The van der Waals surface area contributed by atoms with Gasteiger partial charge in [-0.3, -0.25) is 4.90 Å². The van der Waals surface area contributed by atoms with Crippen LogP contribution < -0.4 is 5.32 Å². The van der Waals surface area contributed by atoms with Crippen molar-refractivity contribution in [3.63, 3.8) is 0 Å². The molecular formula is C13H28N2. The van der Waals surface area contributed by atoms with E-state index in [1.165, 1.54) is 39.0 Å². The smallest absolute Gasteiger partial charge is 0.0244 e. The van der Waals surface area contributed by atoms with Crippen molar-refractivity contribution in [1.29, 1.82) is 0 Å². The van der Waals surface area contributed by atoms with Crippen LogP contribution in [0.5, 0.6) is 0 Å². The number of nitrogens with one attached hydrogen (secondary N) is 1. The van der Waals surface area contributed by atoms with Gasteiger partial charge in [0.05, 0.1) is 0 Å². The molecule has 0 aliphatic carbocycles. The third-order valence-electron chi connectivity index (χ3n) is 3.39. The Morgan fingerprint density at radius 3 is 2.60 bits per heavy atom. The topological polar surface area (TPSA) is 15.3 Å². The number of piperazine rings is 1. The standard InChI is InChI=1S/C13H28N2/c1-11(2)6-5-8-15-9-7-14-10-13(15)12(3)4/h11-14H,5-10H2,1-4H3. The van der Waals surface area contributed by atoms with Gasteiger partial charge < -0.3 is 5.32 Å². The number of rotatable bonds is 5. The Balaban J connectivity index is 2.29. The first kappa shape index (κ1) is 13.0. The summed E-state index contributed by atoms with van der Waals surface area (Å²) >= 11 is 0. The number of hydrogen-bond acceptors (Lipinski definition) is 2. The molecule has 2 nitrogen and oxygen atoms in total. The lowest BCUT2D eigenvalue weighted by Crippen LogP contribution is -2.53. The van der Waals surface area contributed by atoms with Crippen molar-refractivity contribution in [3.8, 4) is 0 Å². The van der Waals surface area contributed by atoms with E-state index in [1.54, 1.807) is 0 Å². The van der Waals surface area contributed by atoms with E-state index in [9.17, 15) is 0 Å². The van der Waals surface area contributed by atoms with Crippen LogP contribution in [0.3, 0.4) is 0 Å². The Morgan fingerprint density at radius 1 is 1.27 bits per heavy atom. The minimum Gasteiger partial charge on any atom is -0.314 e. The van der Waals surface area contributed by atoms with Crippen LogP contribution in [-0.4, -0.2) is 37.1 Å². The normalized spacial score (nSPS) is 24.0. The van der Waals surface area contributed by atoms with E-state index in [0.29, 0.717) is 0 Å². The minimum atomic E-state index is 0.755. The van der Waals surface area contributed by atoms with Crippen molar-refractivity contribution in [3.05, 3.63) is 0 Å². The summed E-state index contributed by atoms with van der Waals surface area (Å²) in [5, 5.41) is 3.50. The highest BCUT2D eigenvalue weighted by molar-refractivity contribution is 4.81. The summed E-state index contributed by atoms with van der Waals surface area (Å²) in [6.07, 6.45) is 2.73. The van der Waals surface area contributed by atoms with Crippen LogP contribution in [0.25, 0.3) is 0 Å². The van der Waals surface area contributed by atoms with Crippen LogP contribution in [0.1, 0.15) is 40.5 Å². The van der Waals surface area contributed by atoms with Crippen LogP contribution in [-0.2, 0) is 0 Å². The maximum atomic E-state index is 3.50. The molecule has 1 atom stereocenters. The van der Waals surface area contributed by atoms with Crippen molar-refractivity contribution in [2.45, 2.75) is 46.6 Å². The van der Waals surface area contributed by atoms with E-state index >= 15 is 0 Å². The second-order valence-corrected chi connectivity index (χ2v) is 5.59. The average molecular weight is 212 g/mol. The summed E-state index contributed by atoms with van der Waals surface area (Å²) in [6, 6.07) is 0.755. The molecule has 0 radical (unpaired) electrons. The number of nitrogens with zero attached hydrogens (tertiary/aromatic N) is 1. The molecular weight excluding hydrogens is 184 g/mol. The predicted octanol–water partition coefficient (Wildman–Crippen LogP) is 2.35. The minimum absolute atomic E-state index is 0.755. The molecule has 1 heterocycles. The molecule has 1 aliphatic rings. The van der Waals surface area contributed by atoms with Crippen molar-refractivity contribution >= 4 is 0 Å². The van der Waals surface area contributed by atoms with Crippen LogP contribution in [0.15, 0.2) is 0 Å². The fourth-order valence-corrected chi connectivity index (χ4v) is 2.41. The van der Waals surface area contributed by atoms with E-state index in [2.05, 4.69) is 37.9 Å². The Morgan fingerprint density at radius 2 is 2.00 bits per heavy atom. The maximum absolute atomic E-state index is 3.50. The fraction of sp³-hybridized carbons (Fsp3) is 1.00. The second-order valence-electron chi connectivity index (χ2n) is 5.59. The molecule has 0 amide bonds. The SMILES string of the molecule is CC(C)CCCN1CCNCC1C(C)C. The Labute approximate surface area is 95.4 Å². The van der Waals surface area contributed by atoms with Gasteiger partial charge in [-0.25, -0.2) is 0 Å². The van der Waals surface area contributed by atoms with Gasteiger partial charge in [0.25, 0.3) is 0 Å². The molecule has 1 saturated heterocycles. The van der Waals surface area contributed by atoms with Crippen LogP contribution in [0.4, 0.5) is 0 Å². The molecule has 90 valence electrons. The largest absolute Gasteiger partial charge is 0.314 e. The fourth-order valence-electron chi connectivity index (χ4n) is 2.41. The molecule has 0 aromatic heterocycles. The molecule has 0 bridgehead atoms. The third-order valence-corrected chi connectivity index (χ3v) is 3.39. The van der Waals surface area contributed by atoms with E-state index in [-0.39, 0.29) is 0 Å². The van der Waals surface area contributed by atoms with Crippen molar-refractivity contribution in [2.24, 2.45) is 11.8 Å². The first-order valence-electron chi connectivity index (χ1n) is 6.56. The molecule has 0 spiro atoms. The summed E-state index contributed by atoms with van der Waals surface area (Å²) in [6.45, 7) is 14.2. The Hall–Kier alpha value is -0.0800. The average Bonchev–Trinajstić information content (AvgIpc) is 2.17. The van der Waals surface area contributed by atoms with Gasteiger partial charge in [0, 0.05) is 25.7 Å². The second kappa shape index (κ2) is 6.49. The summed E-state index contributed by atoms with van der Waals surface area (Å²) in [5.74, 6) is 1.63. The highest BCUT2D eigenvalue weighted by Gasteiger charge is 2.23. The summed E-state index contributed by atoms with van der Waals surface area (Å²) < 4.78 is 0. The van der Waals surface area contributed by atoms with E-state index < -0.39 is 0 Å². The lowest BCUT2D eigenvalue weighted by atomic mass is 9.99. The van der Waals surface area contributed by atoms with E-state index in [1.807, 2.05) is 0 Å². The molecule has 1 aliphatic heterocycles. The highest BCUT2D eigenvalue weighted by atomic mass is 15.2. The zero-order chi connectivity index (χ0) is 11.3. The zero-order valence-corrected chi connectivity index (χ0v) is 10.9. The van der Waals surface area contributed by atoms with Gasteiger partial charge in [0.2, 0.25) is 0 Å². The van der Waals surface area contributed by atoms with Crippen LogP contribution >= 0.6 is 0 Å². The van der Waals surface area contributed by atoms with Crippen LogP contribution in [0, 0.1) is 11.8 Å². The molecule has 2 heteroatoms. The first-order chi connectivity index (χ1) is 7.11. The monoisotopic (exact) mass is 212 g/mol. The molecule has 1 unspecified atom stereocenters. The van der Waals surface area contributed by atoms with Crippen molar-refractivity contribution < 1.29 is 0 Å². The molecule has 0 aromatic carbocycles. The van der Waals surface area contributed by atoms with Gasteiger partial charge >= 0.3 is 0 Å². The lowest BCUT2D eigenvalue weighted by Gasteiger charge is -2.38. The third kappa shape index (κ3) is 4.52. The van der Waals surface area contributed by atoms with Gasteiger partial charge in [-0.2, -0.15) is 0 Å². The zero-order valence-electron chi connectivity index (χ0n) is 10.9. The molecule has 0 saturated carbocycles. The van der Waals surface area contributed by atoms with Gasteiger partial charge in [-0.15, -0.1) is 0 Å².